The van der Waals surface area contributed by atoms with Gasteiger partial charge >= 0.3 is 0 Å². The molecule has 3 nitrogen and oxygen atoms in total. The largest absolute Gasteiger partial charge is 0.399 e. The fourth-order valence-electron chi connectivity index (χ4n) is 2.42. The van der Waals surface area contributed by atoms with E-state index in [2.05, 4.69) is 24.0 Å². The van der Waals surface area contributed by atoms with E-state index in [9.17, 15) is 0 Å². The lowest BCUT2D eigenvalue weighted by molar-refractivity contribution is -0.0297. The van der Waals surface area contributed by atoms with Gasteiger partial charge in [-0.15, -0.1) is 0 Å². The minimum Gasteiger partial charge on any atom is -0.399 e. The number of anilines is 1. The van der Waals surface area contributed by atoms with Gasteiger partial charge in [-0.1, -0.05) is 19.1 Å². The van der Waals surface area contributed by atoms with Gasteiger partial charge in [0, 0.05) is 18.8 Å². The molecule has 100 valence electrons. The average molecular weight is 248 g/mol. The lowest BCUT2D eigenvalue weighted by atomic mass is 10.1. The van der Waals surface area contributed by atoms with Gasteiger partial charge in [0.05, 0.1) is 12.7 Å². The molecule has 0 saturated carbocycles. The summed E-state index contributed by atoms with van der Waals surface area (Å²) in [5.74, 6) is 0. The van der Waals surface area contributed by atoms with Crippen LogP contribution in [0, 0.1) is 0 Å². The van der Waals surface area contributed by atoms with E-state index in [0.29, 0.717) is 6.10 Å². The highest BCUT2D eigenvalue weighted by atomic mass is 16.5. The first kappa shape index (κ1) is 13.4. The Bertz CT molecular complexity index is 350. The standard InChI is InChI=1S/C15H24N2O/c1-2-15-12-17(10-11-18-15)9-3-4-13-5-7-14(16)8-6-13/h5-8,15H,2-4,9-12,16H2,1H3. The third-order valence-corrected chi connectivity index (χ3v) is 3.60. The number of hydrogen-bond donors (Lipinski definition) is 1. The summed E-state index contributed by atoms with van der Waals surface area (Å²) in [5, 5.41) is 0. The Kier molecular flexibility index (Phi) is 5.02. The van der Waals surface area contributed by atoms with Crippen molar-refractivity contribution in [2.75, 3.05) is 32.0 Å². The van der Waals surface area contributed by atoms with Crippen LogP contribution in [0.25, 0.3) is 0 Å². The third kappa shape index (κ3) is 4.00. The second-order valence-electron chi connectivity index (χ2n) is 5.05. The first-order valence-corrected chi connectivity index (χ1v) is 6.96. The minimum atomic E-state index is 0.440. The van der Waals surface area contributed by atoms with Gasteiger partial charge in [0.25, 0.3) is 0 Å². The van der Waals surface area contributed by atoms with E-state index in [-0.39, 0.29) is 0 Å². The summed E-state index contributed by atoms with van der Waals surface area (Å²) < 4.78 is 5.68. The molecule has 0 bridgehead atoms. The Morgan fingerprint density at radius 3 is 2.83 bits per heavy atom. The predicted molar refractivity (Wildman–Crippen MR) is 75.6 cm³/mol. The van der Waals surface area contributed by atoms with Crippen LogP contribution in [-0.4, -0.2) is 37.2 Å². The number of nitrogens with zero attached hydrogens (tertiary/aromatic N) is 1. The zero-order valence-corrected chi connectivity index (χ0v) is 11.3. The van der Waals surface area contributed by atoms with Crippen molar-refractivity contribution < 1.29 is 4.74 Å². The molecule has 18 heavy (non-hydrogen) atoms. The monoisotopic (exact) mass is 248 g/mol. The summed E-state index contributed by atoms with van der Waals surface area (Å²) >= 11 is 0. The zero-order valence-electron chi connectivity index (χ0n) is 11.3. The number of benzene rings is 1. The van der Waals surface area contributed by atoms with Crippen LogP contribution >= 0.6 is 0 Å². The number of nitrogens with two attached hydrogens (primary N) is 1. The van der Waals surface area contributed by atoms with E-state index in [1.807, 2.05) is 12.1 Å². The molecule has 3 heteroatoms. The van der Waals surface area contributed by atoms with Crippen molar-refractivity contribution in [2.45, 2.75) is 32.3 Å². The number of ether oxygens (including phenoxy) is 1. The van der Waals surface area contributed by atoms with Gasteiger partial charge in [0.15, 0.2) is 0 Å². The first-order chi connectivity index (χ1) is 8.78. The second-order valence-corrected chi connectivity index (χ2v) is 5.05. The quantitative estimate of drug-likeness (QED) is 0.813. The molecular formula is C15H24N2O. The molecule has 1 aliphatic heterocycles. The number of hydrogen-bond acceptors (Lipinski definition) is 3. The van der Waals surface area contributed by atoms with Gasteiger partial charge in [0.1, 0.15) is 0 Å². The molecule has 0 amide bonds. The van der Waals surface area contributed by atoms with E-state index in [1.54, 1.807) is 0 Å². The van der Waals surface area contributed by atoms with Crippen LogP contribution in [0.3, 0.4) is 0 Å². The summed E-state index contributed by atoms with van der Waals surface area (Å²) in [4.78, 5) is 2.52. The smallest absolute Gasteiger partial charge is 0.0700 e. The highest BCUT2D eigenvalue weighted by Crippen LogP contribution is 2.11. The SMILES string of the molecule is CCC1CN(CCCc2ccc(N)cc2)CCO1. The van der Waals surface area contributed by atoms with E-state index < -0.39 is 0 Å². The number of morpholine rings is 1. The molecule has 1 unspecified atom stereocenters. The number of rotatable bonds is 5. The van der Waals surface area contributed by atoms with Crippen molar-refractivity contribution in [3.8, 4) is 0 Å². The van der Waals surface area contributed by atoms with Crippen LogP contribution in [0.4, 0.5) is 5.69 Å². The van der Waals surface area contributed by atoms with Crippen LogP contribution < -0.4 is 5.73 Å². The summed E-state index contributed by atoms with van der Waals surface area (Å²) in [5.41, 5.74) is 7.90. The Morgan fingerprint density at radius 1 is 1.33 bits per heavy atom. The highest BCUT2D eigenvalue weighted by molar-refractivity contribution is 5.39. The molecular weight excluding hydrogens is 224 g/mol. The van der Waals surface area contributed by atoms with Crippen LogP contribution in [-0.2, 0) is 11.2 Å². The van der Waals surface area contributed by atoms with Crippen LogP contribution in [0.2, 0.25) is 0 Å². The molecule has 0 aliphatic carbocycles. The molecule has 0 radical (unpaired) electrons. The molecule has 1 aromatic carbocycles. The Labute approximate surface area is 110 Å². The summed E-state index contributed by atoms with van der Waals surface area (Å²) in [6.07, 6.45) is 3.90. The number of nitrogen functional groups attached to an aromatic ring is 1. The Balaban J connectivity index is 1.70. The van der Waals surface area contributed by atoms with Crippen LogP contribution in [0.1, 0.15) is 25.3 Å². The maximum atomic E-state index is 5.68. The van der Waals surface area contributed by atoms with E-state index in [1.165, 1.54) is 18.5 Å². The molecule has 1 fully saturated rings. The summed E-state index contributed by atoms with van der Waals surface area (Å²) in [6, 6.07) is 8.22. The van der Waals surface area contributed by atoms with Gasteiger partial charge < -0.3 is 10.5 Å². The van der Waals surface area contributed by atoms with E-state index in [4.69, 9.17) is 10.5 Å². The van der Waals surface area contributed by atoms with Gasteiger partial charge in [-0.3, -0.25) is 4.90 Å². The fraction of sp³-hybridized carbons (Fsp3) is 0.600. The third-order valence-electron chi connectivity index (χ3n) is 3.60. The van der Waals surface area contributed by atoms with Crippen molar-refractivity contribution in [3.05, 3.63) is 29.8 Å². The molecule has 1 heterocycles. The van der Waals surface area contributed by atoms with Gasteiger partial charge in [-0.05, 0) is 43.5 Å². The molecule has 1 atom stereocenters. The highest BCUT2D eigenvalue weighted by Gasteiger charge is 2.17. The molecule has 2 N–H and O–H groups in total. The summed E-state index contributed by atoms with van der Waals surface area (Å²) in [6.45, 7) is 6.43. The first-order valence-electron chi connectivity index (χ1n) is 6.96. The lowest BCUT2D eigenvalue weighted by Crippen LogP contribution is -2.42. The Hall–Kier alpha value is -1.06. The van der Waals surface area contributed by atoms with Gasteiger partial charge in [-0.25, -0.2) is 0 Å². The van der Waals surface area contributed by atoms with E-state index in [0.717, 1.165) is 38.2 Å². The van der Waals surface area contributed by atoms with Crippen LogP contribution in [0.5, 0.6) is 0 Å². The molecule has 0 aromatic heterocycles. The van der Waals surface area contributed by atoms with Crippen LogP contribution in [0.15, 0.2) is 24.3 Å². The molecule has 2 rings (SSSR count). The minimum absolute atomic E-state index is 0.440. The fourth-order valence-corrected chi connectivity index (χ4v) is 2.42. The second kappa shape index (κ2) is 6.76. The predicted octanol–water partition coefficient (Wildman–Crippen LogP) is 2.31. The van der Waals surface area contributed by atoms with Crippen molar-refractivity contribution in [2.24, 2.45) is 0 Å². The van der Waals surface area contributed by atoms with Crippen molar-refractivity contribution in [3.63, 3.8) is 0 Å². The molecule has 0 spiro atoms. The van der Waals surface area contributed by atoms with Crippen molar-refractivity contribution >= 4 is 5.69 Å². The Morgan fingerprint density at radius 2 is 2.11 bits per heavy atom. The van der Waals surface area contributed by atoms with Crippen molar-refractivity contribution in [1.82, 2.24) is 4.90 Å². The van der Waals surface area contributed by atoms with Crippen molar-refractivity contribution in [1.29, 1.82) is 0 Å². The lowest BCUT2D eigenvalue weighted by Gasteiger charge is -2.32. The molecule has 1 saturated heterocycles. The zero-order chi connectivity index (χ0) is 12.8. The topological polar surface area (TPSA) is 38.5 Å². The van der Waals surface area contributed by atoms with Gasteiger partial charge in [0.2, 0.25) is 0 Å². The van der Waals surface area contributed by atoms with E-state index >= 15 is 0 Å². The van der Waals surface area contributed by atoms with Gasteiger partial charge in [-0.2, -0.15) is 0 Å². The summed E-state index contributed by atoms with van der Waals surface area (Å²) in [7, 11) is 0. The average Bonchev–Trinajstić information content (AvgIpc) is 2.41. The number of aryl methyl sites for hydroxylation is 1. The molecule has 1 aromatic rings. The maximum absolute atomic E-state index is 5.68. The maximum Gasteiger partial charge on any atom is 0.0700 e. The molecule has 1 aliphatic rings. The normalized spacial score (nSPS) is 21.1.